The maximum absolute atomic E-state index is 9.36. The van der Waals surface area contributed by atoms with Gasteiger partial charge in [-0.2, -0.15) is 0 Å². The van der Waals surface area contributed by atoms with Crippen LogP contribution in [-0.4, -0.2) is 21.9 Å². The van der Waals surface area contributed by atoms with Crippen molar-refractivity contribution in [3.63, 3.8) is 0 Å². The summed E-state index contributed by atoms with van der Waals surface area (Å²) >= 11 is 0. The van der Waals surface area contributed by atoms with E-state index in [4.69, 9.17) is 10.2 Å². The number of benzene rings is 1. The van der Waals surface area contributed by atoms with E-state index in [2.05, 4.69) is 5.32 Å². The number of hydrogen-bond donors (Lipinski definition) is 4. The molecule has 1 rings (SSSR count). The summed E-state index contributed by atoms with van der Waals surface area (Å²) in [7, 11) is 0. The van der Waals surface area contributed by atoms with Crippen molar-refractivity contribution >= 4 is 0 Å². The van der Waals surface area contributed by atoms with Gasteiger partial charge >= 0.3 is 0 Å². The second-order valence-corrected chi connectivity index (χ2v) is 2.72. The van der Waals surface area contributed by atoms with Gasteiger partial charge in [0.05, 0.1) is 0 Å². The van der Waals surface area contributed by atoms with Crippen LogP contribution >= 0.6 is 0 Å². The highest BCUT2D eigenvalue weighted by Crippen LogP contribution is 2.36. The van der Waals surface area contributed by atoms with Crippen molar-refractivity contribution < 1.29 is 15.3 Å². The highest BCUT2D eigenvalue weighted by atomic mass is 16.3. The molecular weight excluding hydrogens is 170 g/mol. The van der Waals surface area contributed by atoms with Crippen molar-refractivity contribution in [1.29, 1.82) is 0 Å². The van der Waals surface area contributed by atoms with Gasteiger partial charge in [0.1, 0.15) is 0 Å². The first-order valence-electron chi connectivity index (χ1n) is 4.10. The quantitative estimate of drug-likeness (QED) is 0.526. The summed E-state index contributed by atoms with van der Waals surface area (Å²) in [5.41, 5.74) is 0.567. The molecule has 72 valence electrons. The van der Waals surface area contributed by atoms with Gasteiger partial charge in [0, 0.05) is 12.1 Å². The Kier molecular flexibility index (Phi) is 2.97. The lowest BCUT2D eigenvalue weighted by Gasteiger charge is -2.07. The van der Waals surface area contributed by atoms with Crippen LogP contribution in [-0.2, 0) is 6.54 Å². The highest BCUT2D eigenvalue weighted by Gasteiger charge is 2.09. The molecule has 0 unspecified atom stereocenters. The van der Waals surface area contributed by atoms with Gasteiger partial charge in [-0.1, -0.05) is 13.0 Å². The fourth-order valence-corrected chi connectivity index (χ4v) is 1.01. The van der Waals surface area contributed by atoms with Gasteiger partial charge in [-0.25, -0.2) is 0 Å². The second-order valence-electron chi connectivity index (χ2n) is 2.72. The third kappa shape index (κ3) is 2.03. The maximum Gasteiger partial charge on any atom is 0.200 e. The van der Waals surface area contributed by atoms with Crippen LogP contribution in [0.5, 0.6) is 17.2 Å². The lowest BCUT2D eigenvalue weighted by Crippen LogP contribution is -2.11. The minimum atomic E-state index is -0.463. The average Bonchev–Trinajstić information content (AvgIpc) is 2.13. The molecule has 0 aromatic heterocycles. The lowest BCUT2D eigenvalue weighted by molar-refractivity contribution is 0.364. The predicted octanol–water partition coefficient (Wildman–Crippen LogP) is 0.913. The van der Waals surface area contributed by atoms with Crippen molar-refractivity contribution in [2.75, 3.05) is 6.54 Å². The number of rotatable bonds is 3. The molecule has 0 aliphatic heterocycles. The molecule has 4 N–H and O–H groups in total. The Morgan fingerprint density at radius 2 is 1.85 bits per heavy atom. The molecule has 0 radical (unpaired) electrons. The molecule has 0 aliphatic carbocycles. The molecule has 0 heterocycles. The van der Waals surface area contributed by atoms with Gasteiger partial charge in [0.2, 0.25) is 5.75 Å². The van der Waals surface area contributed by atoms with Crippen LogP contribution in [0.1, 0.15) is 12.5 Å². The number of phenolic OH excluding ortho intramolecular Hbond substituents is 3. The molecule has 1 aromatic carbocycles. The zero-order valence-electron chi connectivity index (χ0n) is 7.41. The zero-order chi connectivity index (χ0) is 9.84. The summed E-state index contributed by atoms with van der Waals surface area (Å²) in [5.74, 6) is -1.03. The maximum atomic E-state index is 9.36. The molecule has 0 aliphatic rings. The molecule has 0 amide bonds. The average molecular weight is 183 g/mol. The van der Waals surface area contributed by atoms with Crippen LogP contribution in [0.2, 0.25) is 0 Å². The van der Waals surface area contributed by atoms with Gasteiger partial charge in [-0.05, 0) is 12.6 Å². The first-order valence-corrected chi connectivity index (χ1v) is 4.10. The third-order valence-corrected chi connectivity index (χ3v) is 1.78. The first-order chi connectivity index (χ1) is 6.16. The highest BCUT2D eigenvalue weighted by molar-refractivity contribution is 5.52. The van der Waals surface area contributed by atoms with Crippen LogP contribution in [0.4, 0.5) is 0 Å². The Bertz CT molecular complexity index is 299. The van der Waals surface area contributed by atoms with Crippen LogP contribution in [0.15, 0.2) is 12.1 Å². The SMILES string of the molecule is CCNCc1ccc(O)c(O)c1O. The van der Waals surface area contributed by atoms with E-state index >= 15 is 0 Å². The Labute approximate surface area is 76.5 Å². The Morgan fingerprint density at radius 3 is 2.46 bits per heavy atom. The molecule has 0 bridgehead atoms. The molecule has 0 saturated carbocycles. The van der Waals surface area contributed by atoms with Crippen LogP contribution in [0.3, 0.4) is 0 Å². The van der Waals surface area contributed by atoms with Crippen molar-refractivity contribution in [2.45, 2.75) is 13.5 Å². The Hall–Kier alpha value is -1.42. The minimum Gasteiger partial charge on any atom is -0.504 e. The molecule has 13 heavy (non-hydrogen) atoms. The van der Waals surface area contributed by atoms with Crippen LogP contribution in [0.25, 0.3) is 0 Å². The molecule has 0 atom stereocenters. The summed E-state index contributed by atoms with van der Waals surface area (Å²) in [6.45, 7) is 3.19. The second kappa shape index (κ2) is 4.00. The monoisotopic (exact) mass is 183 g/mol. The molecule has 0 spiro atoms. The van der Waals surface area contributed by atoms with E-state index < -0.39 is 5.75 Å². The van der Waals surface area contributed by atoms with Gasteiger partial charge in [0.25, 0.3) is 0 Å². The largest absolute Gasteiger partial charge is 0.504 e. The summed E-state index contributed by atoms with van der Waals surface area (Å²) in [4.78, 5) is 0. The number of aromatic hydroxyl groups is 3. The van der Waals surface area contributed by atoms with Crippen molar-refractivity contribution in [3.8, 4) is 17.2 Å². The minimum absolute atomic E-state index is 0.263. The van der Waals surface area contributed by atoms with E-state index in [1.54, 1.807) is 6.07 Å². The van der Waals surface area contributed by atoms with E-state index in [0.717, 1.165) is 6.54 Å². The fraction of sp³-hybridized carbons (Fsp3) is 0.333. The summed E-state index contributed by atoms with van der Waals surface area (Å²) in [5, 5.41) is 30.5. The van der Waals surface area contributed by atoms with Gasteiger partial charge in [-0.15, -0.1) is 0 Å². The molecular formula is C9H13NO3. The van der Waals surface area contributed by atoms with E-state index in [9.17, 15) is 5.11 Å². The summed E-state index contributed by atoms with van der Waals surface area (Å²) in [6.07, 6.45) is 0. The van der Waals surface area contributed by atoms with Gasteiger partial charge in [-0.3, -0.25) is 0 Å². The first kappa shape index (κ1) is 9.67. The number of nitrogens with one attached hydrogen (secondary N) is 1. The molecule has 1 aromatic rings. The Balaban J connectivity index is 2.90. The van der Waals surface area contributed by atoms with Crippen LogP contribution in [0, 0.1) is 0 Å². The summed E-state index contributed by atoms with van der Waals surface area (Å²) in [6, 6.07) is 2.91. The smallest absolute Gasteiger partial charge is 0.200 e. The predicted molar refractivity (Wildman–Crippen MR) is 48.8 cm³/mol. The summed E-state index contributed by atoms with van der Waals surface area (Å²) < 4.78 is 0. The van der Waals surface area contributed by atoms with E-state index in [1.807, 2.05) is 6.92 Å². The number of hydrogen-bond acceptors (Lipinski definition) is 4. The number of phenols is 3. The molecule has 4 nitrogen and oxygen atoms in total. The van der Waals surface area contributed by atoms with Crippen LogP contribution < -0.4 is 5.32 Å². The van der Waals surface area contributed by atoms with Gasteiger partial charge in [0.15, 0.2) is 11.5 Å². The van der Waals surface area contributed by atoms with E-state index in [0.29, 0.717) is 12.1 Å². The van der Waals surface area contributed by atoms with Crippen molar-refractivity contribution in [1.82, 2.24) is 5.32 Å². The van der Waals surface area contributed by atoms with Crippen molar-refractivity contribution in [2.24, 2.45) is 0 Å². The van der Waals surface area contributed by atoms with Crippen molar-refractivity contribution in [3.05, 3.63) is 17.7 Å². The molecule has 0 fully saturated rings. The molecule has 0 saturated heterocycles. The van der Waals surface area contributed by atoms with E-state index in [1.165, 1.54) is 6.07 Å². The lowest BCUT2D eigenvalue weighted by atomic mass is 10.1. The van der Waals surface area contributed by atoms with Gasteiger partial charge < -0.3 is 20.6 Å². The topological polar surface area (TPSA) is 72.7 Å². The van der Waals surface area contributed by atoms with E-state index in [-0.39, 0.29) is 11.5 Å². The molecule has 4 heteroatoms. The fourth-order valence-electron chi connectivity index (χ4n) is 1.01. The zero-order valence-corrected chi connectivity index (χ0v) is 7.41. The standard InChI is InChI=1S/C9H13NO3/c1-2-10-5-6-3-4-7(11)9(13)8(6)12/h3-4,10-13H,2,5H2,1H3. The third-order valence-electron chi connectivity index (χ3n) is 1.78. The Morgan fingerprint density at radius 1 is 1.15 bits per heavy atom. The normalized spacial score (nSPS) is 10.2.